The number of hydrogen-bond acceptors (Lipinski definition) is 4. The van der Waals surface area contributed by atoms with Gasteiger partial charge in [0.15, 0.2) is 0 Å². The number of likely N-dealkylation sites (tertiary alicyclic amines) is 1. The van der Waals surface area contributed by atoms with Crippen molar-refractivity contribution in [2.45, 2.75) is 57.8 Å². The number of nitrogens with zero attached hydrogens (tertiary/aromatic N) is 2. The molecule has 1 atom stereocenters. The Labute approximate surface area is 235 Å². The summed E-state index contributed by atoms with van der Waals surface area (Å²) >= 11 is 6.49. The van der Waals surface area contributed by atoms with Crippen molar-refractivity contribution >= 4 is 23.4 Å². The smallest absolute Gasteiger partial charge is 0.246 e. The Hall–Kier alpha value is -3.35. The van der Waals surface area contributed by atoms with E-state index in [1.807, 2.05) is 71.6 Å². The molecule has 2 saturated heterocycles. The molecule has 0 bridgehead atoms. The summed E-state index contributed by atoms with van der Waals surface area (Å²) in [6, 6.07) is 25.0. The van der Waals surface area contributed by atoms with Gasteiger partial charge in [0, 0.05) is 31.2 Å². The number of benzene rings is 3. The van der Waals surface area contributed by atoms with Crippen molar-refractivity contribution in [2.75, 3.05) is 13.1 Å². The lowest BCUT2D eigenvalue weighted by Gasteiger charge is -2.52. The number of hydrogen-bond donors (Lipinski definition) is 1. The first-order valence-electron chi connectivity index (χ1n) is 13.7. The van der Waals surface area contributed by atoms with Crippen LogP contribution < -0.4 is 10.1 Å². The van der Waals surface area contributed by atoms with Crippen molar-refractivity contribution in [1.82, 2.24) is 15.1 Å². The number of amides is 2. The lowest BCUT2D eigenvalue weighted by atomic mass is 9.80. The molecule has 0 saturated carbocycles. The Morgan fingerprint density at radius 1 is 0.897 bits per heavy atom. The van der Waals surface area contributed by atoms with Gasteiger partial charge in [-0.25, -0.2) is 0 Å². The Morgan fingerprint density at radius 3 is 2.21 bits per heavy atom. The highest BCUT2D eigenvalue weighted by molar-refractivity contribution is 6.31. The van der Waals surface area contributed by atoms with Crippen LogP contribution in [-0.2, 0) is 22.7 Å². The van der Waals surface area contributed by atoms with Crippen LogP contribution >= 0.6 is 11.6 Å². The molecule has 7 heteroatoms. The molecule has 2 fully saturated rings. The molecule has 6 nitrogen and oxygen atoms in total. The molecular weight excluding hydrogens is 510 g/mol. The van der Waals surface area contributed by atoms with Gasteiger partial charge in [-0.15, -0.1) is 0 Å². The monoisotopic (exact) mass is 545 g/mol. The predicted octanol–water partition coefficient (Wildman–Crippen LogP) is 6.04. The summed E-state index contributed by atoms with van der Waals surface area (Å²) in [6.07, 6.45) is 1.78. The molecule has 0 aromatic heterocycles. The summed E-state index contributed by atoms with van der Waals surface area (Å²) in [7, 11) is 0. The summed E-state index contributed by atoms with van der Waals surface area (Å²) in [5, 5.41) is 3.70. The van der Waals surface area contributed by atoms with E-state index in [-0.39, 0.29) is 11.8 Å². The SMILES string of the molecule is CC(C)CC1NC(=O)C2(CCN(Cc3ccc(Oc4ccccc4)cc3)CC2)N(Cc2ccccc2Cl)C1=O. The number of ether oxygens (including phenoxy) is 1. The molecule has 1 unspecified atom stereocenters. The first-order chi connectivity index (χ1) is 18.8. The average molecular weight is 546 g/mol. The van der Waals surface area contributed by atoms with Gasteiger partial charge >= 0.3 is 0 Å². The van der Waals surface area contributed by atoms with Gasteiger partial charge in [0.05, 0.1) is 0 Å². The summed E-state index contributed by atoms with van der Waals surface area (Å²) in [5.74, 6) is 1.85. The van der Waals surface area contributed by atoms with E-state index in [2.05, 4.69) is 36.2 Å². The third-order valence-electron chi connectivity index (χ3n) is 7.79. The van der Waals surface area contributed by atoms with Crippen LogP contribution in [0.3, 0.4) is 0 Å². The van der Waals surface area contributed by atoms with Gasteiger partial charge in [-0.2, -0.15) is 0 Å². The second-order valence-electron chi connectivity index (χ2n) is 11.0. The minimum absolute atomic E-state index is 0.00863. The Bertz CT molecular complexity index is 1290. The first kappa shape index (κ1) is 27.2. The highest BCUT2D eigenvalue weighted by Crippen LogP contribution is 2.36. The van der Waals surface area contributed by atoms with E-state index in [1.54, 1.807) is 0 Å². The van der Waals surface area contributed by atoms with Crippen molar-refractivity contribution in [3.05, 3.63) is 95.0 Å². The largest absolute Gasteiger partial charge is 0.457 e. The highest BCUT2D eigenvalue weighted by Gasteiger charge is 2.53. The molecule has 3 aromatic carbocycles. The number of nitrogens with one attached hydrogen (secondary N) is 1. The molecule has 1 N–H and O–H groups in total. The van der Waals surface area contributed by atoms with Crippen LogP contribution in [0.4, 0.5) is 0 Å². The average Bonchev–Trinajstić information content (AvgIpc) is 2.93. The third-order valence-corrected chi connectivity index (χ3v) is 8.16. The number of carbonyl (C=O) groups is 2. The molecule has 3 aromatic rings. The lowest BCUT2D eigenvalue weighted by molar-refractivity contribution is -0.162. The van der Waals surface area contributed by atoms with Gasteiger partial charge in [0.1, 0.15) is 23.1 Å². The molecule has 5 rings (SSSR count). The minimum atomic E-state index is -0.867. The predicted molar refractivity (Wildman–Crippen MR) is 154 cm³/mol. The van der Waals surface area contributed by atoms with Gasteiger partial charge in [0.2, 0.25) is 11.8 Å². The van der Waals surface area contributed by atoms with Gasteiger partial charge in [0.25, 0.3) is 0 Å². The molecule has 0 aliphatic carbocycles. The van der Waals surface area contributed by atoms with Crippen molar-refractivity contribution in [3.8, 4) is 11.5 Å². The van der Waals surface area contributed by atoms with Crippen molar-refractivity contribution in [1.29, 1.82) is 0 Å². The van der Waals surface area contributed by atoms with Crippen LogP contribution in [0.15, 0.2) is 78.9 Å². The number of halogens is 1. The van der Waals surface area contributed by atoms with Crippen molar-refractivity contribution in [3.63, 3.8) is 0 Å². The number of piperazine rings is 1. The summed E-state index contributed by atoms with van der Waals surface area (Å²) in [6.45, 7) is 6.69. The zero-order valence-corrected chi connectivity index (χ0v) is 23.4. The van der Waals surface area contributed by atoms with E-state index < -0.39 is 11.6 Å². The normalized spacial score (nSPS) is 19.4. The Kier molecular flexibility index (Phi) is 8.24. The quantitative estimate of drug-likeness (QED) is 0.375. The zero-order valence-electron chi connectivity index (χ0n) is 22.6. The van der Waals surface area contributed by atoms with E-state index in [0.29, 0.717) is 36.7 Å². The zero-order chi connectivity index (χ0) is 27.4. The molecule has 2 aliphatic rings. The van der Waals surface area contributed by atoms with E-state index >= 15 is 0 Å². The fourth-order valence-corrected chi connectivity index (χ4v) is 5.85. The van der Waals surface area contributed by atoms with Gasteiger partial charge < -0.3 is 15.0 Å². The van der Waals surface area contributed by atoms with E-state index in [0.717, 1.165) is 36.7 Å². The van der Waals surface area contributed by atoms with Gasteiger partial charge in [-0.3, -0.25) is 14.5 Å². The van der Waals surface area contributed by atoms with Crippen LogP contribution in [0.1, 0.15) is 44.2 Å². The maximum Gasteiger partial charge on any atom is 0.246 e. The Morgan fingerprint density at radius 2 is 1.54 bits per heavy atom. The fraction of sp³-hybridized carbons (Fsp3) is 0.375. The number of rotatable bonds is 8. The van der Waals surface area contributed by atoms with Crippen LogP contribution in [0.5, 0.6) is 11.5 Å². The maximum absolute atomic E-state index is 13.8. The molecule has 1 spiro atoms. The number of para-hydroxylation sites is 1. The topological polar surface area (TPSA) is 61.9 Å². The third kappa shape index (κ3) is 6.13. The molecular formula is C32H36ClN3O3. The summed E-state index contributed by atoms with van der Waals surface area (Å²) in [4.78, 5) is 31.6. The maximum atomic E-state index is 13.8. The Balaban J connectivity index is 1.28. The van der Waals surface area contributed by atoms with Crippen LogP contribution in [-0.4, -0.2) is 46.3 Å². The van der Waals surface area contributed by atoms with Crippen molar-refractivity contribution < 1.29 is 14.3 Å². The fourth-order valence-electron chi connectivity index (χ4n) is 5.66. The van der Waals surface area contributed by atoms with E-state index in [9.17, 15) is 9.59 Å². The molecule has 0 radical (unpaired) electrons. The van der Waals surface area contributed by atoms with E-state index in [4.69, 9.17) is 16.3 Å². The van der Waals surface area contributed by atoms with Crippen LogP contribution in [0.2, 0.25) is 5.02 Å². The number of carbonyl (C=O) groups excluding carboxylic acids is 2. The summed E-state index contributed by atoms with van der Waals surface area (Å²) < 4.78 is 5.92. The molecule has 2 amide bonds. The lowest BCUT2D eigenvalue weighted by Crippen LogP contribution is -2.72. The molecule has 2 heterocycles. The molecule has 2 aliphatic heterocycles. The second-order valence-corrected chi connectivity index (χ2v) is 11.4. The van der Waals surface area contributed by atoms with Crippen molar-refractivity contribution in [2.24, 2.45) is 5.92 Å². The van der Waals surface area contributed by atoms with E-state index in [1.165, 1.54) is 5.56 Å². The van der Waals surface area contributed by atoms with Gasteiger partial charge in [-0.1, -0.05) is 74.0 Å². The van der Waals surface area contributed by atoms with Crippen LogP contribution in [0, 0.1) is 5.92 Å². The highest BCUT2D eigenvalue weighted by atomic mass is 35.5. The number of piperidine rings is 1. The minimum Gasteiger partial charge on any atom is -0.457 e. The first-order valence-corrected chi connectivity index (χ1v) is 14.1. The van der Waals surface area contributed by atoms with Crippen LogP contribution in [0.25, 0.3) is 0 Å². The standard InChI is InChI=1S/C32H36ClN3O3/c1-23(2)20-29-30(37)36(22-25-8-6-7-11-28(25)33)32(31(38)34-29)16-18-35(19-17-32)21-24-12-14-27(15-13-24)39-26-9-4-3-5-10-26/h3-15,23,29H,16-22H2,1-2H3,(H,34,38). The summed E-state index contributed by atoms with van der Waals surface area (Å²) in [5.41, 5.74) is 1.18. The van der Waals surface area contributed by atoms with Gasteiger partial charge in [-0.05, 0) is 66.6 Å². The molecule has 39 heavy (non-hydrogen) atoms. The molecule has 204 valence electrons. The second kappa shape index (κ2) is 11.8.